The van der Waals surface area contributed by atoms with Crippen molar-refractivity contribution in [3.05, 3.63) is 65.6 Å². The summed E-state index contributed by atoms with van der Waals surface area (Å²) >= 11 is 0. The van der Waals surface area contributed by atoms with Gasteiger partial charge in [0.1, 0.15) is 0 Å². The Balaban J connectivity index is 2.24. The van der Waals surface area contributed by atoms with E-state index in [1.165, 1.54) is 34.6 Å². The first-order chi connectivity index (χ1) is 12.3. The van der Waals surface area contributed by atoms with E-state index in [1.807, 2.05) is 6.07 Å². The second-order valence-corrected chi connectivity index (χ2v) is 8.98. The van der Waals surface area contributed by atoms with Gasteiger partial charge >= 0.3 is 0 Å². The lowest BCUT2D eigenvalue weighted by atomic mass is 10.2. The molecule has 0 saturated heterocycles. The van der Waals surface area contributed by atoms with Crippen LogP contribution in [0.1, 0.15) is 19.4 Å². The van der Waals surface area contributed by atoms with Crippen molar-refractivity contribution in [2.24, 2.45) is 0 Å². The van der Waals surface area contributed by atoms with Crippen molar-refractivity contribution in [2.75, 3.05) is 17.8 Å². The molecule has 0 atom stereocenters. The van der Waals surface area contributed by atoms with Crippen LogP contribution >= 0.6 is 0 Å². The molecule has 0 aliphatic heterocycles. The lowest BCUT2D eigenvalue weighted by molar-refractivity contribution is 0.445. The summed E-state index contributed by atoms with van der Waals surface area (Å²) in [6.07, 6.45) is 1.47. The summed E-state index contributed by atoms with van der Waals surface area (Å²) in [5.41, 5.74) is 0.937. The van der Waals surface area contributed by atoms with Crippen molar-refractivity contribution < 1.29 is 16.8 Å². The van der Waals surface area contributed by atoms with Crippen LogP contribution in [0.5, 0.6) is 0 Å². The summed E-state index contributed by atoms with van der Waals surface area (Å²) < 4.78 is 53.3. The molecule has 0 amide bonds. The van der Waals surface area contributed by atoms with E-state index in [0.717, 1.165) is 11.0 Å². The first kappa shape index (κ1) is 20.2. The molecule has 2 aromatic carbocycles. The van der Waals surface area contributed by atoms with E-state index in [4.69, 9.17) is 0 Å². The van der Waals surface area contributed by atoms with Crippen molar-refractivity contribution >= 4 is 31.8 Å². The van der Waals surface area contributed by atoms with Gasteiger partial charge in [-0.15, -0.1) is 0 Å². The molecule has 2 rings (SSSR count). The number of sulfonamides is 2. The molecule has 1 N–H and O–H groups in total. The minimum absolute atomic E-state index is 0.0495. The van der Waals surface area contributed by atoms with Crippen molar-refractivity contribution in [1.29, 1.82) is 0 Å². The van der Waals surface area contributed by atoms with Crippen molar-refractivity contribution in [2.45, 2.75) is 18.7 Å². The SMILES string of the molecule is CCN(CC)S(=O)(=O)c1cccc(NS(=O)(=O)/C=C/c2ccccc2)c1. The van der Waals surface area contributed by atoms with Gasteiger partial charge in [0.2, 0.25) is 10.0 Å². The molecule has 0 fully saturated rings. The van der Waals surface area contributed by atoms with Gasteiger partial charge in [-0.05, 0) is 29.8 Å². The molecule has 0 aliphatic carbocycles. The Labute approximate surface area is 155 Å². The first-order valence-corrected chi connectivity index (χ1v) is 11.1. The largest absolute Gasteiger partial charge is 0.280 e. The maximum Gasteiger partial charge on any atom is 0.255 e. The van der Waals surface area contributed by atoms with Gasteiger partial charge in [-0.1, -0.05) is 50.2 Å². The van der Waals surface area contributed by atoms with E-state index in [9.17, 15) is 16.8 Å². The fourth-order valence-corrected chi connectivity index (χ4v) is 4.73. The van der Waals surface area contributed by atoms with E-state index in [-0.39, 0.29) is 10.6 Å². The molecule has 0 saturated carbocycles. The number of rotatable bonds is 8. The minimum Gasteiger partial charge on any atom is -0.280 e. The number of nitrogens with zero attached hydrogens (tertiary/aromatic N) is 1. The van der Waals surface area contributed by atoms with Gasteiger partial charge in [0, 0.05) is 13.1 Å². The Morgan fingerprint density at radius 1 is 0.923 bits per heavy atom. The van der Waals surface area contributed by atoms with Crippen LogP contribution in [0.25, 0.3) is 6.08 Å². The molecule has 2 aromatic rings. The van der Waals surface area contributed by atoms with Gasteiger partial charge in [0.25, 0.3) is 10.0 Å². The van der Waals surface area contributed by atoms with Crippen molar-refractivity contribution in [3.63, 3.8) is 0 Å². The quantitative estimate of drug-likeness (QED) is 0.746. The van der Waals surface area contributed by atoms with Crippen LogP contribution in [0, 0.1) is 0 Å². The molecule has 26 heavy (non-hydrogen) atoms. The predicted octanol–water partition coefficient (Wildman–Crippen LogP) is 3.13. The third kappa shape index (κ3) is 5.17. The summed E-state index contributed by atoms with van der Waals surface area (Å²) in [5.74, 6) is 0. The van der Waals surface area contributed by atoms with Crippen molar-refractivity contribution in [1.82, 2.24) is 4.31 Å². The molecule has 0 spiro atoms. The Bertz CT molecular complexity index is 965. The maximum absolute atomic E-state index is 12.6. The molecule has 140 valence electrons. The molecule has 8 heteroatoms. The van der Waals surface area contributed by atoms with E-state index >= 15 is 0 Å². The zero-order valence-electron chi connectivity index (χ0n) is 14.7. The fraction of sp³-hybridized carbons (Fsp3) is 0.222. The van der Waals surface area contributed by atoms with E-state index in [0.29, 0.717) is 13.1 Å². The highest BCUT2D eigenvalue weighted by atomic mass is 32.2. The maximum atomic E-state index is 12.6. The Morgan fingerprint density at radius 2 is 1.58 bits per heavy atom. The van der Waals surface area contributed by atoms with E-state index < -0.39 is 20.0 Å². The number of benzene rings is 2. The van der Waals surface area contributed by atoms with Gasteiger partial charge in [-0.2, -0.15) is 4.31 Å². The zero-order valence-corrected chi connectivity index (χ0v) is 16.3. The molecule has 6 nitrogen and oxygen atoms in total. The van der Waals surface area contributed by atoms with Gasteiger partial charge < -0.3 is 0 Å². The second-order valence-electron chi connectivity index (χ2n) is 5.48. The summed E-state index contributed by atoms with van der Waals surface area (Å²) in [4.78, 5) is 0.0495. The summed E-state index contributed by atoms with van der Waals surface area (Å²) in [6.45, 7) is 4.19. The van der Waals surface area contributed by atoms with Crippen molar-refractivity contribution in [3.8, 4) is 0 Å². The number of nitrogens with one attached hydrogen (secondary N) is 1. The average molecular weight is 395 g/mol. The van der Waals surface area contributed by atoms with Crippen LogP contribution in [0.2, 0.25) is 0 Å². The van der Waals surface area contributed by atoms with Crippen LogP contribution < -0.4 is 4.72 Å². The first-order valence-electron chi connectivity index (χ1n) is 8.14. The number of hydrogen-bond donors (Lipinski definition) is 1. The molecule has 0 unspecified atom stereocenters. The molecular formula is C18H22N2O4S2. The monoisotopic (exact) mass is 394 g/mol. The highest BCUT2D eigenvalue weighted by Gasteiger charge is 2.22. The van der Waals surface area contributed by atoms with Gasteiger partial charge in [0.05, 0.1) is 16.0 Å². The van der Waals surface area contributed by atoms with E-state index in [1.54, 1.807) is 38.1 Å². The molecule has 0 aliphatic rings. The molecular weight excluding hydrogens is 372 g/mol. The molecule has 0 aromatic heterocycles. The van der Waals surface area contributed by atoms with Gasteiger partial charge in [-0.25, -0.2) is 16.8 Å². The standard InChI is InChI=1S/C18H22N2O4S2/c1-3-20(4-2)26(23,24)18-12-8-11-17(15-18)19-25(21,22)14-13-16-9-6-5-7-10-16/h5-15,19H,3-4H2,1-2H3/b14-13+. The van der Waals surface area contributed by atoms with Crippen LogP contribution in [-0.4, -0.2) is 34.2 Å². The highest BCUT2D eigenvalue weighted by Crippen LogP contribution is 2.20. The smallest absolute Gasteiger partial charge is 0.255 e. The van der Waals surface area contributed by atoms with Gasteiger partial charge in [-0.3, -0.25) is 4.72 Å². The molecule has 0 bridgehead atoms. The summed E-state index contributed by atoms with van der Waals surface area (Å²) in [7, 11) is -7.42. The Hall–Kier alpha value is -2.16. The second kappa shape index (κ2) is 8.48. The third-order valence-corrected chi connectivity index (χ3v) is 6.74. The topological polar surface area (TPSA) is 83.6 Å². The zero-order chi connectivity index (χ0) is 19.2. The normalized spacial score (nSPS) is 12.6. The highest BCUT2D eigenvalue weighted by molar-refractivity contribution is 7.95. The number of anilines is 1. The lowest BCUT2D eigenvalue weighted by Crippen LogP contribution is -2.30. The Kier molecular flexibility index (Phi) is 6.57. The minimum atomic E-state index is -3.77. The van der Waals surface area contributed by atoms with Crippen LogP contribution in [0.4, 0.5) is 5.69 Å². The third-order valence-electron chi connectivity index (χ3n) is 3.68. The average Bonchev–Trinajstić information content (AvgIpc) is 2.62. The van der Waals surface area contributed by atoms with Crippen LogP contribution in [0.15, 0.2) is 64.9 Å². The van der Waals surface area contributed by atoms with Crippen LogP contribution in [0.3, 0.4) is 0 Å². The van der Waals surface area contributed by atoms with Gasteiger partial charge in [0.15, 0.2) is 0 Å². The fourth-order valence-electron chi connectivity index (χ4n) is 2.36. The summed E-state index contributed by atoms with van der Waals surface area (Å²) in [6, 6.07) is 14.8. The van der Waals surface area contributed by atoms with E-state index in [2.05, 4.69) is 4.72 Å². The molecule has 0 heterocycles. The summed E-state index contributed by atoms with van der Waals surface area (Å²) in [5, 5.41) is 1.05. The Morgan fingerprint density at radius 3 is 2.19 bits per heavy atom. The van der Waals surface area contributed by atoms with Crippen LogP contribution in [-0.2, 0) is 20.0 Å². The number of hydrogen-bond acceptors (Lipinski definition) is 4. The lowest BCUT2D eigenvalue weighted by Gasteiger charge is -2.18. The predicted molar refractivity (Wildman–Crippen MR) is 105 cm³/mol. The molecule has 0 radical (unpaired) electrons.